The van der Waals surface area contributed by atoms with Crippen LogP contribution >= 0.6 is 0 Å². The Morgan fingerprint density at radius 3 is 2.59 bits per heavy atom. The van der Waals surface area contributed by atoms with Crippen molar-refractivity contribution in [1.29, 1.82) is 10.5 Å². The summed E-state index contributed by atoms with van der Waals surface area (Å²) in [6, 6.07) is 14.8. The minimum absolute atomic E-state index is 0.102. The number of nitrogen functional groups attached to an aromatic ring is 1. The van der Waals surface area contributed by atoms with E-state index >= 15 is 0 Å². The third-order valence-corrected chi connectivity index (χ3v) is 5.50. The van der Waals surface area contributed by atoms with Crippen LogP contribution in [-0.4, -0.2) is 18.1 Å². The van der Waals surface area contributed by atoms with Crippen LogP contribution in [0.1, 0.15) is 45.4 Å². The SMILES string of the molecule is COC(=O)c1ccccc1-c1ccc(/C=C2\C(C)=C(C#N)c3nc(N)c(C#N)c(C)c32)o1. The Bertz CT molecular complexity index is 1430. The van der Waals surface area contributed by atoms with Gasteiger partial charge in [0.2, 0.25) is 0 Å². The molecule has 2 heterocycles. The Morgan fingerprint density at radius 1 is 1.16 bits per heavy atom. The summed E-state index contributed by atoms with van der Waals surface area (Å²) in [6.07, 6.45) is 1.80. The van der Waals surface area contributed by atoms with Crippen molar-refractivity contribution >= 4 is 29.0 Å². The van der Waals surface area contributed by atoms with E-state index in [0.717, 1.165) is 11.1 Å². The third kappa shape index (κ3) is 3.13. The average molecular weight is 422 g/mol. The van der Waals surface area contributed by atoms with E-state index in [2.05, 4.69) is 17.1 Å². The number of nitriles is 2. The second-order valence-electron chi connectivity index (χ2n) is 7.24. The van der Waals surface area contributed by atoms with Crippen LogP contribution in [0.3, 0.4) is 0 Å². The Kier molecular flexibility index (Phi) is 5.10. The number of rotatable bonds is 3. The van der Waals surface area contributed by atoms with Crippen LogP contribution in [0.15, 0.2) is 46.4 Å². The van der Waals surface area contributed by atoms with Crippen LogP contribution in [0.4, 0.5) is 5.82 Å². The molecule has 4 rings (SSSR count). The second kappa shape index (κ2) is 7.90. The number of furan rings is 1. The van der Waals surface area contributed by atoms with E-state index in [4.69, 9.17) is 14.9 Å². The summed E-state index contributed by atoms with van der Waals surface area (Å²) in [4.78, 5) is 16.4. The molecule has 156 valence electrons. The second-order valence-corrected chi connectivity index (χ2v) is 7.24. The number of benzene rings is 1. The number of hydrogen-bond donors (Lipinski definition) is 1. The fraction of sp³-hybridized carbons (Fsp3) is 0.120. The molecule has 32 heavy (non-hydrogen) atoms. The zero-order chi connectivity index (χ0) is 23.0. The maximum Gasteiger partial charge on any atom is 0.338 e. The minimum Gasteiger partial charge on any atom is -0.465 e. The summed E-state index contributed by atoms with van der Waals surface area (Å²) in [5, 5.41) is 19.2. The highest BCUT2D eigenvalue weighted by atomic mass is 16.5. The Hall–Kier alpha value is -4.62. The van der Waals surface area contributed by atoms with Crippen LogP contribution in [0.5, 0.6) is 0 Å². The number of nitrogens with zero attached hydrogens (tertiary/aromatic N) is 3. The number of esters is 1. The lowest BCUT2D eigenvalue weighted by atomic mass is 9.96. The van der Waals surface area contributed by atoms with Crippen molar-refractivity contribution < 1.29 is 13.9 Å². The number of aromatic nitrogens is 1. The van der Waals surface area contributed by atoms with E-state index in [1.165, 1.54) is 7.11 Å². The Morgan fingerprint density at radius 2 is 1.91 bits per heavy atom. The van der Waals surface area contributed by atoms with E-state index in [1.807, 2.05) is 13.0 Å². The highest BCUT2D eigenvalue weighted by Crippen LogP contribution is 2.44. The normalized spacial score (nSPS) is 13.6. The summed E-state index contributed by atoms with van der Waals surface area (Å²) in [7, 11) is 1.33. The molecule has 7 heteroatoms. The number of hydrogen-bond acceptors (Lipinski definition) is 7. The predicted molar refractivity (Wildman–Crippen MR) is 120 cm³/mol. The fourth-order valence-corrected chi connectivity index (χ4v) is 3.90. The first-order valence-electron chi connectivity index (χ1n) is 9.72. The first-order valence-corrected chi connectivity index (χ1v) is 9.72. The molecule has 0 fully saturated rings. The molecule has 0 saturated heterocycles. The van der Waals surface area contributed by atoms with Gasteiger partial charge >= 0.3 is 5.97 Å². The molecule has 0 saturated carbocycles. The number of fused-ring (bicyclic) bond motifs is 1. The molecule has 0 aliphatic heterocycles. The minimum atomic E-state index is -0.456. The molecule has 0 amide bonds. The van der Waals surface area contributed by atoms with Crippen molar-refractivity contribution in [2.45, 2.75) is 13.8 Å². The molecule has 2 aromatic heterocycles. The third-order valence-electron chi connectivity index (χ3n) is 5.50. The molecule has 1 aliphatic rings. The Balaban J connectivity index is 1.86. The first kappa shape index (κ1) is 20.6. The van der Waals surface area contributed by atoms with Gasteiger partial charge < -0.3 is 14.9 Å². The van der Waals surface area contributed by atoms with Gasteiger partial charge in [-0.05, 0) is 54.8 Å². The maximum atomic E-state index is 12.1. The number of pyridine rings is 1. The molecule has 2 N–H and O–H groups in total. The lowest BCUT2D eigenvalue weighted by Gasteiger charge is -2.10. The molecule has 0 atom stereocenters. The summed E-state index contributed by atoms with van der Waals surface area (Å²) in [5.41, 5.74) is 10.9. The molecule has 0 radical (unpaired) electrons. The summed E-state index contributed by atoms with van der Waals surface area (Å²) >= 11 is 0. The van der Waals surface area contributed by atoms with Crippen LogP contribution in [0.2, 0.25) is 0 Å². The standard InChI is InChI=1S/C25H18N4O3/c1-13-18(22-14(2)20(12-27)24(28)29-23(22)19(13)11-26)10-15-8-9-21(32-15)16-6-4-5-7-17(16)25(30)31-3/h4-10H,1-3H3,(H2,28,29)/b18-10+. The number of nitrogens with two attached hydrogens (primary N) is 1. The van der Waals surface area contributed by atoms with Crippen LogP contribution in [0, 0.1) is 29.6 Å². The monoisotopic (exact) mass is 422 g/mol. The van der Waals surface area contributed by atoms with Gasteiger partial charge in [-0.25, -0.2) is 9.78 Å². The highest BCUT2D eigenvalue weighted by Gasteiger charge is 2.30. The maximum absolute atomic E-state index is 12.1. The number of carbonyl (C=O) groups excluding carboxylic acids is 1. The Labute approximate surface area is 184 Å². The molecule has 0 bridgehead atoms. The fourth-order valence-electron chi connectivity index (χ4n) is 3.90. The lowest BCUT2D eigenvalue weighted by Crippen LogP contribution is -2.03. The molecule has 1 aromatic carbocycles. The van der Waals surface area contributed by atoms with Gasteiger partial charge in [-0.2, -0.15) is 10.5 Å². The van der Waals surface area contributed by atoms with Crippen molar-refractivity contribution in [3.05, 3.63) is 75.7 Å². The van der Waals surface area contributed by atoms with E-state index in [0.29, 0.717) is 45.0 Å². The smallest absolute Gasteiger partial charge is 0.338 e. The van der Waals surface area contributed by atoms with Gasteiger partial charge in [0.25, 0.3) is 0 Å². The van der Waals surface area contributed by atoms with E-state index in [-0.39, 0.29) is 11.4 Å². The number of methoxy groups -OCH3 is 1. The summed E-state index contributed by atoms with van der Waals surface area (Å²) in [5.74, 6) is 0.671. The van der Waals surface area contributed by atoms with Gasteiger partial charge in [-0.3, -0.25) is 0 Å². The highest BCUT2D eigenvalue weighted by molar-refractivity contribution is 6.08. The molecule has 3 aromatic rings. The molecule has 1 aliphatic carbocycles. The van der Waals surface area contributed by atoms with Crippen molar-refractivity contribution in [3.8, 4) is 23.5 Å². The van der Waals surface area contributed by atoms with Gasteiger partial charge in [-0.15, -0.1) is 0 Å². The number of anilines is 1. The van der Waals surface area contributed by atoms with Gasteiger partial charge in [0, 0.05) is 11.1 Å². The predicted octanol–water partition coefficient (Wildman–Crippen LogP) is 4.74. The first-order chi connectivity index (χ1) is 15.4. The van der Waals surface area contributed by atoms with Gasteiger partial charge in [-0.1, -0.05) is 18.2 Å². The van der Waals surface area contributed by atoms with Gasteiger partial charge in [0.05, 0.1) is 29.5 Å². The largest absolute Gasteiger partial charge is 0.465 e. The van der Waals surface area contributed by atoms with Gasteiger partial charge in [0.1, 0.15) is 29.5 Å². The van der Waals surface area contributed by atoms with E-state index < -0.39 is 5.97 Å². The van der Waals surface area contributed by atoms with E-state index in [9.17, 15) is 15.3 Å². The molecule has 7 nitrogen and oxygen atoms in total. The summed E-state index contributed by atoms with van der Waals surface area (Å²) < 4.78 is 10.9. The van der Waals surface area contributed by atoms with Crippen LogP contribution < -0.4 is 5.73 Å². The number of allylic oxidation sites excluding steroid dienone is 3. The van der Waals surface area contributed by atoms with Crippen molar-refractivity contribution in [2.75, 3.05) is 12.8 Å². The quantitative estimate of drug-likeness (QED) is 0.604. The van der Waals surface area contributed by atoms with Crippen molar-refractivity contribution in [1.82, 2.24) is 4.98 Å². The molecular formula is C25H18N4O3. The molecule has 0 spiro atoms. The number of carbonyl (C=O) groups is 1. The zero-order valence-corrected chi connectivity index (χ0v) is 17.7. The average Bonchev–Trinajstić information content (AvgIpc) is 3.36. The van der Waals surface area contributed by atoms with Crippen LogP contribution in [0.25, 0.3) is 28.5 Å². The van der Waals surface area contributed by atoms with E-state index in [1.54, 1.807) is 43.3 Å². The van der Waals surface area contributed by atoms with Gasteiger partial charge in [0.15, 0.2) is 0 Å². The van der Waals surface area contributed by atoms with Crippen LogP contribution in [-0.2, 0) is 4.74 Å². The lowest BCUT2D eigenvalue weighted by molar-refractivity contribution is 0.0601. The van der Waals surface area contributed by atoms with Crippen molar-refractivity contribution in [2.24, 2.45) is 0 Å². The molecule has 0 unspecified atom stereocenters. The molecular weight excluding hydrogens is 404 g/mol. The topological polar surface area (TPSA) is 126 Å². The number of ether oxygens (including phenoxy) is 1. The van der Waals surface area contributed by atoms with Crippen molar-refractivity contribution in [3.63, 3.8) is 0 Å². The zero-order valence-electron chi connectivity index (χ0n) is 17.7. The summed E-state index contributed by atoms with van der Waals surface area (Å²) in [6.45, 7) is 3.61.